The van der Waals surface area contributed by atoms with Gasteiger partial charge < -0.3 is 14.5 Å². The number of nitrogens with one attached hydrogen (secondary N) is 1. The molecule has 1 aliphatic heterocycles. The zero-order valence-corrected chi connectivity index (χ0v) is 25.6. The number of aryl methyl sites for hydroxylation is 1. The van der Waals surface area contributed by atoms with Crippen molar-refractivity contribution in [3.05, 3.63) is 94.8 Å². The Hall–Kier alpha value is -3.32. The topological polar surface area (TPSA) is 47.9 Å². The van der Waals surface area contributed by atoms with Crippen LogP contribution in [0.15, 0.2) is 71.7 Å². The van der Waals surface area contributed by atoms with E-state index in [-0.39, 0.29) is 28.3 Å². The second kappa shape index (κ2) is 12.3. The molecule has 1 amide bonds. The maximum atomic E-state index is 14.0. The van der Waals surface area contributed by atoms with Crippen LogP contribution in [0.1, 0.15) is 73.5 Å². The maximum Gasteiger partial charge on any atom is 0.228 e. The number of rotatable bonds is 9. The van der Waals surface area contributed by atoms with E-state index >= 15 is 0 Å². The molecule has 1 unspecified atom stereocenters. The van der Waals surface area contributed by atoms with E-state index < -0.39 is 0 Å². The summed E-state index contributed by atoms with van der Waals surface area (Å²) in [4.78, 5) is 22.8. The number of halogens is 1. The predicted molar refractivity (Wildman–Crippen MR) is 171 cm³/mol. The van der Waals surface area contributed by atoms with Crippen LogP contribution in [-0.4, -0.2) is 43.3 Å². The van der Waals surface area contributed by atoms with Crippen LogP contribution in [0.5, 0.6) is 0 Å². The molecule has 3 aromatic rings. The molecule has 0 saturated heterocycles. The van der Waals surface area contributed by atoms with Crippen LogP contribution in [0.3, 0.4) is 0 Å². The zero-order valence-electron chi connectivity index (χ0n) is 24.8. The van der Waals surface area contributed by atoms with Gasteiger partial charge in [-0.3, -0.25) is 9.79 Å². The summed E-state index contributed by atoms with van der Waals surface area (Å²) in [5, 5.41) is 0.206. The van der Waals surface area contributed by atoms with Crippen LogP contribution in [0, 0.1) is 12.7 Å². The average molecular weight is 573 g/mol. The molecule has 0 radical (unpaired) electrons. The second-order valence-corrected chi connectivity index (χ2v) is 13.1. The Labute approximate surface area is 248 Å². The highest BCUT2D eigenvalue weighted by atomic mass is 32.2. The Morgan fingerprint density at radius 3 is 2.66 bits per heavy atom. The van der Waals surface area contributed by atoms with E-state index in [2.05, 4.69) is 79.8 Å². The lowest BCUT2D eigenvalue weighted by Gasteiger charge is -2.38. The third kappa shape index (κ3) is 6.78. The number of hydrogen-bond donors (Lipinski definition) is 1. The molecule has 0 bridgehead atoms. The molecule has 0 aromatic heterocycles. The molecule has 41 heavy (non-hydrogen) atoms. The highest BCUT2D eigenvalue weighted by molar-refractivity contribution is 8.00. The minimum Gasteiger partial charge on any atom is -0.360 e. The van der Waals surface area contributed by atoms with Gasteiger partial charge in [-0.15, -0.1) is 0 Å². The Morgan fingerprint density at radius 1 is 1.17 bits per heavy atom. The van der Waals surface area contributed by atoms with Gasteiger partial charge >= 0.3 is 0 Å². The molecule has 0 spiro atoms. The fourth-order valence-corrected chi connectivity index (χ4v) is 6.82. The molecule has 1 aliphatic carbocycles. The number of nitrogens with zero attached hydrogens (tertiary/aromatic N) is 3. The monoisotopic (exact) mass is 572 g/mol. The summed E-state index contributed by atoms with van der Waals surface area (Å²) in [6.45, 7) is 10.9. The Balaban J connectivity index is 1.44. The molecule has 7 heteroatoms. The molecular weight excluding hydrogens is 531 g/mol. The Kier molecular flexibility index (Phi) is 8.74. The normalized spacial score (nSPS) is 18.4. The molecule has 3 aromatic carbocycles. The second-order valence-electron chi connectivity index (χ2n) is 12.1. The van der Waals surface area contributed by atoms with Gasteiger partial charge in [0.05, 0.1) is 13.1 Å². The minimum absolute atomic E-state index is 0.0467. The molecule has 5 nitrogen and oxygen atoms in total. The molecule has 0 saturated carbocycles. The van der Waals surface area contributed by atoms with Crippen molar-refractivity contribution in [2.24, 2.45) is 4.99 Å². The van der Waals surface area contributed by atoms with Gasteiger partial charge in [-0.25, -0.2) is 4.39 Å². The number of anilines is 2. The van der Waals surface area contributed by atoms with Crippen LogP contribution < -0.4 is 9.62 Å². The predicted octanol–water partition coefficient (Wildman–Crippen LogP) is 7.88. The van der Waals surface area contributed by atoms with Gasteiger partial charge in [-0.2, -0.15) is 0 Å². The van der Waals surface area contributed by atoms with Gasteiger partial charge in [-0.1, -0.05) is 56.7 Å². The number of carbonyl (C=O) groups is 1. The van der Waals surface area contributed by atoms with Crippen molar-refractivity contribution in [2.75, 3.05) is 36.3 Å². The van der Waals surface area contributed by atoms with Crippen molar-refractivity contribution in [3.63, 3.8) is 0 Å². The standard InChI is InChI=1S/C34H41FN4OS/c1-23-7-6-8-25(19-23)24(2)20-33(40)39(22-32-36-17-18-38(32)5)28-13-14-30-29(21-28)31(15-16-34(30,3)4)41-37-27-11-9-26(35)10-12-27/h6-14,19,21,24,31,37H,15-18,20,22H2,1-5H3/t24-,31?/m0/s1. The van der Waals surface area contributed by atoms with E-state index in [0.717, 1.165) is 43.1 Å². The van der Waals surface area contributed by atoms with Gasteiger partial charge in [0.25, 0.3) is 0 Å². The van der Waals surface area contributed by atoms with Crippen molar-refractivity contribution >= 4 is 35.1 Å². The van der Waals surface area contributed by atoms with E-state index in [1.54, 1.807) is 24.1 Å². The average Bonchev–Trinajstić information content (AvgIpc) is 3.36. The zero-order chi connectivity index (χ0) is 29.1. The first kappa shape index (κ1) is 29.2. The Morgan fingerprint density at radius 2 is 1.95 bits per heavy atom. The van der Waals surface area contributed by atoms with Gasteiger partial charge in [-0.05, 0) is 96.1 Å². The van der Waals surface area contributed by atoms with Gasteiger partial charge in [0.1, 0.15) is 11.7 Å². The highest BCUT2D eigenvalue weighted by Crippen LogP contribution is 2.48. The molecular formula is C34H41FN4OS. The van der Waals surface area contributed by atoms with Crippen LogP contribution >= 0.6 is 11.9 Å². The lowest BCUT2D eigenvalue weighted by atomic mass is 9.72. The van der Waals surface area contributed by atoms with Crippen molar-refractivity contribution in [2.45, 2.75) is 63.5 Å². The van der Waals surface area contributed by atoms with Gasteiger partial charge in [0.2, 0.25) is 5.91 Å². The first-order chi connectivity index (χ1) is 19.6. The first-order valence-corrected chi connectivity index (χ1v) is 15.4. The smallest absolute Gasteiger partial charge is 0.228 e. The number of likely N-dealkylation sites (N-methyl/N-ethyl adjacent to an activating group) is 1. The lowest BCUT2D eigenvalue weighted by molar-refractivity contribution is -0.118. The van der Waals surface area contributed by atoms with Crippen molar-refractivity contribution in [3.8, 4) is 0 Å². The number of amides is 1. The summed E-state index contributed by atoms with van der Waals surface area (Å²) in [7, 11) is 2.05. The minimum atomic E-state index is -0.242. The fraction of sp³-hybridized carbons (Fsp3) is 0.412. The molecule has 5 rings (SSSR count). The van der Waals surface area contributed by atoms with E-state index in [4.69, 9.17) is 4.99 Å². The molecule has 2 aliphatic rings. The highest BCUT2D eigenvalue weighted by Gasteiger charge is 2.34. The van der Waals surface area contributed by atoms with E-state index in [9.17, 15) is 9.18 Å². The number of aliphatic imine (C=N–C) groups is 1. The van der Waals surface area contributed by atoms with Crippen LogP contribution in [0.4, 0.5) is 15.8 Å². The summed E-state index contributed by atoms with van der Waals surface area (Å²) in [6, 6.07) is 21.5. The van der Waals surface area contributed by atoms with E-state index in [0.29, 0.717) is 13.0 Å². The summed E-state index contributed by atoms with van der Waals surface area (Å²) >= 11 is 1.66. The number of benzene rings is 3. The van der Waals surface area contributed by atoms with Gasteiger partial charge in [0, 0.05) is 36.6 Å². The van der Waals surface area contributed by atoms with Crippen molar-refractivity contribution in [1.82, 2.24) is 4.90 Å². The quantitative estimate of drug-likeness (QED) is 0.265. The summed E-state index contributed by atoms with van der Waals surface area (Å²) in [5.41, 5.74) is 6.80. The maximum absolute atomic E-state index is 14.0. The van der Waals surface area contributed by atoms with Gasteiger partial charge in [0.15, 0.2) is 0 Å². The summed E-state index contributed by atoms with van der Waals surface area (Å²) in [5.74, 6) is 0.913. The molecule has 216 valence electrons. The Bertz CT molecular complexity index is 1420. The summed E-state index contributed by atoms with van der Waals surface area (Å²) in [6.07, 6.45) is 2.50. The number of amidine groups is 1. The van der Waals surface area contributed by atoms with Crippen LogP contribution in [0.25, 0.3) is 0 Å². The molecule has 1 heterocycles. The van der Waals surface area contributed by atoms with E-state index in [1.807, 2.05) is 11.9 Å². The fourth-order valence-electron chi connectivity index (χ4n) is 5.84. The van der Waals surface area contributed by atoms with Crippen molar-refractivity contribution in [1.29, 1.82) is 0 Å². The SMILES string of the molecule is Cc1cccc([C@@H](C)CC(=O)N(CC2=NCCN2C)c2ccc3c(c2)C(SNc2ccc(F)cc2)CCC3(C)C)c1. The number of carbonyl (C=O) groups excluding carboxylic acids is 1. The van der Waals surface area contributed by atoms with Crippen molar-refractivity contribution < 1.29 is 9.18 Å². The third-order valence-corrected chi connectivity index (χ3v) is 9.61. The number of fused-ring (bicyclic) bond motifs is 1. The third-order valence-electron chi connectivity index (χ3n) is 8.48. The molecule has 0 fully saturated rings. The van der Waals surface area contributed by atoms with Crippen LogP contribution in [-0.2, 0) is 10.2 Å². The molecule has 1 N–H and O–H groups in total. The number of hydrogen-bond acceptors (Lipinski definition) is 5. The van der Waals surface area contributed by atoms with E-state index in [1.165, 1.54) is 34.4 Å². The molecule has 2 atom stereocenters. The largest absolute Gasteiger partial charge is 0.360 e. The van der Waals surface area contributed by atoms with Crippen LogP contribution in [0.2, 0.25) is 0 Å². The summed E-state index contributed by atoms with van der Waals surface area (Å²) < 4.78 is 16.9. The first-order valence-electron chi connectivity index (χ1n) is 14.5. The lowest BCUT2D eigenvalue weighted by Crippen LogP contribution is -2.40.